The van der Waals surface area contributed by atoms with Gasteiger partial charge in [0, 0.05) is 23.6 Å². The van der Waals surface area contributed by atoms with Crippen LogP contribution in [-0.4, -0.2) is 24.9 Å². The van der Waals surface area contributed by atoms with Crippen LogP contribution in [0.4, 0.5) is 0 Å². The lowest BCUT2D eigenvalue weighted by Gasteiger charge is -2.18. The second-order valence-corrected chi connectivity index (χ2v) is 6.22. The zero-order valence-electron chi connectivity index (χ0n) is 14.9. The van der Waals surface area contributed by atoms with E-state index in [1.807, 2.05) is 24.3 Å². The molecule has 0 radical (unpaired) electrons. The molecule has 26 heavy (non-hydrogen) atoms. The number of fused-ring (bicyclic) bond motifs is 1. The zero-order chi connectivity index (χ0) is 17.9. The molecule has 0 unspecified atom stereocenters. The van der Waals surface area contributed by atoms with Gasteiger partial charge in [-0.3, -0.25) is 0 Å². The number of hydrogen-bond acceptors (Lipinski definition) is 4. The molecule has 2 heterocycles. The average Bonchev–Trinajstić information content (AvgIpc) is 3.08. The van der Waals surface area contributed by atoms with Crippen LogP contribution in [0.5, 0.6) is 11.5 Å². The molecular formula is C21H21NO4. The molecule has 4 rings (SSSR count). The lowest BCUT2D eigenvalue weighted by molar-refractivity contribution is -0.282. The molecule has 5 nitrogen and oxygen atoms in total. The molecule has 0 fully saturated rings. The van der Waals surface area contributed by atoms with Crippen LogP contribution in [0.1, 0.15) is 11.1 Å². The number of ether oxygens (including phenoxy) is 2. The van der Waals surface area contributed by atoms with E-state index in [9.17, 15) is 0 Å². The first-order chi connectivity index (χ1) is 12.7. The van der Waals surface area contributed by atoms with Crippen molar-refractivity contribution in [3.63, 3.8) is 0 Å². The van der Waals surface area contributed by atoms with E-state index in [0.717, 1.165) is 28.3 Å². The molecule has 5 heteroatoms. The normalized spacial score (nSPS) is 13.0. The summed E-state index contributed by atoms with van der Waals surface area (Å²) in [5, 5.41) is 0. The van der Waals surface area contributed by atoms with Crippen molar-refractivity contribution in [1.29, 1.82) is 0 Å². The van der Waals surface area contributed by atoms with Crippen LogP contribution in [0.3, 0.4) is 0 Å². The molecule has 0 saturated carbocycles. The van der Waals surface area contributed by atoms with Gasteiger partial charge in [-0.2, -0.15) is 0 Å². The number of aromatic nitrogens is 1. The van der Waals surface area contributed by atoms with Gasteiger partial charge in [-0.05, 0) is 47.9 Å². The van der Waals surface area contributed by atoms with E-state index in [4.69, 9.17) is 14.4 Å². The second-order valence-electron chi connectivity index (χ2n) is 6.22. The van der Waals surface area contributed by atoms with Gasteiger partial charge in [0.15, 0.2) is 11.5 Å². The number of nitrogens with zero attached hydrogens (tertiary/aromatic N) is 1. The largest absolute Gasteiger partial charge is 0.486 e. The Kier molecular flexibility index (Phi) is 4.65. The van der Waals surface area contributed by atoms with Crippen molar-refractivity contribution in [3.8, 4) is 28.3 Å². The van der Waals surface area contributed by atoms with Crippen LogP contribution >= 0.6 is 0 Å². The number of hydrogen-bond donors (Lipinski definition) is 0. The lowest BCUT2D eigenvalue weighted by atomic mass is 10.0. The maximum atomic E-state index is 5.71. The molecule has 0 N–H and O–H groups in total. The first-order valence-corrected chi connectivity index (χ1v) is 8.58. The van der Waals surface area contributed by atoms with Gasteiger partial charge >= 0.3 is 0 Å². The molecule has 1 aliphatic heterocycles. The van der Waals surface area contributed by atoms with Gasteiger partial charge in [0.2, 0.25) is 0 Å². The summed E-state index contributed by atoms with van der Waals surface area (Å²) in [5.41, 5.74) is 5.66. The fraction of sp³-hybridized carbons (Fsp3) is 0.238. The van der Waals surface area contributed by atoms with Crippen LogP contribution in [-0.2, 0) is 16.4 Å². The monoisotopic (exact) mass is 351 g/mol. The minimum Gasteiger partial charge on any atom is -0.486 e. The Bertz CT molecular complexity index is 899. The molecule has 1 aliphatic rings. The smallest absolute Gasteiger partial charge is 0.161 e. The molecule has 0 bridgehead atoms. The van der Waals surface area contributed by atoms with Gasteiger partial charge in [-0.1, -0.05) is 18.2 Å². The predicted molar refractivity (Wildman–Crippen MR) is 98.7 cm³/mol. The third kappa shape index (κ3) is 3.31. The van der Waals surface area contributed by atoms with Crippen LogP contribution in [0.15, 0.2) is 54.9 Å². The summed E-state index contributed by atoms with van der Waals surface area (Å²) in [6.07, 6.45) is 4.27. The van der Waals surface area contributed by atoms with E-state index < -0.39 is 0 Å². The van der Waals surface area contributed by atoms with E-state index in [0.29, 0.717) is 19.8 Å². The molecule has 134 valence electrons. The number of rotatable bonds is 5. The highest BCUT2D eigenvalue weighted by Crippen LogP contribution is 2.36. The summed E-state index contributed by atoms with van der Waals surface area (Å²) >= 11 is 0. The third-order valence-corrected chi connectivity index (χ3v) is 4.46. The quantitative estimate of drug-likeness (QED) is 0.508. The zero-order valence-corrected chi connectivity index (χ0v) is 14.9. The van der Waals surface area contributed by atoms with Crippen LogP contribution in [0, 0.1) is 6.92 Å². The summed E-state index contributed by atoms with van der Waals surface area (Å²) in [5.74, 6) is 1.62. The van der Waals surface area contributed by atoms with E-state index in [1.165, 1.54) is 18.2 Å². The van der Waals surface area contributed by atoms with E-state index in [2.05, 4.69) is 47.0 Å². The van der Waals surface area contributed by atoms with Gasteiger partial charge in [-0.15, -0.1) is 0 Å². The minimum absolute atomic E-state index is 0.434. The Morgan fingerprint density at radius 2 is 1.73 bits per heavy atom. The number of aryl methyl sites for hydroxylation is 1. The molecule has 0 amide bonds. The predicted octanol–water partition coefficient (Wildman–Crippen LogP) is 4.30. The lowest BCUT2D eigenvalue weighted by Crippen LogP contribution is -2.15. The van der Waals surface area contributed by atoms with E-state index in [-0.39, 0.29) is 0 Å². The molecule has 0 saturated heterocycles. The highest BCUT2D eigenvalue weighted by atomic mass is 17.2. The molecule has 0 aliphatic carbocycles. The van der Waals surface area contributed by atoms with Crippen molar-refractivity contribution in [2.75, 3.05) is 20.3 Å². The maximum Gasteiger partial charge on any atom is 0.161 e. The second kappa shape index (κ2) is 7.23. The third-order valence-electron chi connectivity index (χ3n) is 4.46. The number of benzene rings is 2. The average molecular weight is 351 g/mol. The van der Waals surface area contributed by atoms with Gasteiger partial charge in [0.25, 0.3) is 0 Å². The van der Waals surface area contributed by atoms with Gasteiger partial charge < -0.3 is 14.0 Å². The van der Waals surface area contributed by atoms with Gasteiger partial charge in [0.05, 0.1) is 7.11 Å². The molecular weight excluding hydrogens is 330 g/mol. The van der Waals surface area contributed by atoms with E-state index in [1.54, 1.807) is 0 Å². The summed E-state index contributed by atoms with van der Waals surface area (Å²) in [4.78, 5) is 9.61. The molecule has 2 aromatic carbocycles. The molecule has 0 spiro atoms. The van der Waals surface area contributed by atoms with Crippen LogP contribution < -0.4 is 9.47 Å². The Hall–Kier alpha value is -2.76. The Morgan fingerprint density at radius 3 is 2.50 bits per heavy atom. The highest BCUT2D eigenvalue weighted by Gasteiger charge is 2.14. The standard InChI is InChI=1S/C21H21NO4/c1-15-12-22(18-6-3-16(4-7-18)14-26-23-2)13-19(15)17-5-8-20-21(11-17)25-10-9-24-20/h3-8,11-13H,9-10,14H2,1-2H3. The van der Waals surface area contributed by atoms with Crippen molar-refractivity contribution in [2.24, 2.45) is 0 Å². The Labute approximate surface area is 152 Å². The SMILES string of the molecule is COOCc1ccc(-n2cc(C)c(-c3ccc4c(c3)OCCO4)c2)cc1. The van der Waals surface area contributed by atoms with Crippen LogP contribution in [0.25, 0.3) is 16.8 Å². The van der Waals surface area contributed by atoms with Crippen molar-refractivity contribution in [1.82, 2.24) is 4.57 Å². The van der Waals surface area contributed by atoms with Crippen molar-refractivity contribution >= 4 is 0 Å². The minimum atomic E-state index is 0.434. The van der Waals surface area contributed by atoms with Gasteiger partial charge in [0.1, 0.15) is 19.8 Å². The fourth-order valence-electron chi connectivity index (χ4n) is 3.11. The Morgan fingerprint density at radius 1 is 0.962 bits per heavy atom. The van der Waals surface area contributed by atoms with Gasteiger partial charge in [-0.25, -0.2) is 9.78 Å². The van der Waals surface area contributed by atoms with E-state index >= 15 is 0 Å². The summed E-state index contributed by atoms with van der Waals surface area (Å²) in [7, 11) is 1.51. The molecule has 3 aromatic rings. The summed E-state index contributed by atoms with van der Waals surface area (Å²) < 4.78 is 13.4. The van der Waals surface area contributed by atoms with Crippen LogP contribution in [0.2, 0.25) is 0 Å². The van der Waals surface area contributed by atoms with Crippen molar-refractivity contribution in [2.45, 2.75) is 13.5 Å². The Balaban J connectivity index is 1.61. The molecule has 0 atom stereocenters. The maximum absolute atomic E-state index is 5.71. The summed E-state index contributed by atoms with van der Waals surface area (Å²) in [6.45, 7) is 3.75. The highest BCUT2D eigenvalue weighted by molar-refractivity contribution is 5.70. The van der Waals surface area contributed by atoms with Crippen molar-refractivity contribution < 1.29 is 19.2 Å². The first-order valence-electron chi connectivity index (χ1n) is 8.58. The first kappa shape index (κ1) is 16.7. The summed E-state index contributed by atoms with van der Waals surface area (Å²) in [6, 6.07) is 14.3. The fourth-order valence-corrected chi connectivity index (χ4v) is 3.11. The molecule has 1 aromatic heterocycles. The van der Waals surface area contributed by atoms with Crippen molar-refractivity contribution in [3.05, 3.63) is 66.0 Å². The topological polar surface area (TPSA) is 41.9 Å².